The molecule has 2 N–H and O–H groups in total. The monoisotopic (exact) mass is 229 g/mol. The molecule has 4 nitrogen and oxygen atoms in total. The molecule has 0 aliphatic heterocycles. The summed E-state index contributed by atoms with van der Waals surface area (Å²) in [4.78, 5) is 8.23. The molecule has 0 radical (unpaired) electrons. The molecule has 0 saturated heterocycles. The zero-order chi connectivity index (χ0) is 12.1. The maximum atomic E-state index is 5.84. The second-order valence-electron chi connectivity index (χ2n) is 3.70. The summed E-state index contributed by atoms with van der Waals surface area (Å²) in [6.45, 7) is 2.40. The van der Waals surface area contributed by atoms with Crippen molar-refractivity contribution in [2.75, 3.05) is 0 Å². The molecule has 1 unspecified atom stereocenters. The van der Waals surface area contributed by atoms with Crippen LogP contribution >= 0.6 is 0 Å². The average molecular weight is 229 g/mol. The molecule has 0 amide bonds. The fourth-order valence-electron chi connectivity index (χ4n) is 1.56. The highest BCUT2D eigenvalue weighted by molar-refractivity contribution is 5.33. The van der Waals surface area contributed by atoms with Crippen molar-refractivity contribution in [2.24, 2.45) is 5.73 Å². The summed E-state index contributed by atoms with van der Waals surface area (Å²) < 4.78 is 5.84. The number of benzene rings is 1. The minimum Gasteiger partial charge on any atom is -0.484 e. The second kappa shape index (κ2) is 5.41. The fourth-order valence-corrected chi connectivity index (χ4v) is 1.56. The Balaban J connectivity index is 2.16. The van der Waals surface area contributed by atoms with Crippen molar-refractivity contribution < 1.29 is 4.74 Å². The lowest BCUT2D eigenvalue weighted by Crippen LogP contribution is -2.08. The van der Waals surface area contributed by atoms with Gasteiger partial charge >= 0.3 is 0 Å². The third-order valence-electron chi connectivity index (χ3n) is 2.50. The van der Waals surface area contributed by atoms with Crippen LogP contribution in [0.5, 0.6) is 5.75 Å². The van der Waals surface area contributed by atoms with Crippen molar-refractivity contribution in [1.29, 1.82) is 0 Å². The second-order valence-corrected chi connectivity index (χ2v) is 3.70. The Hall–Kier alpha value is -1.94. The molecule has 0 fully saturated rings. The number of hydrogen-bond donors (Lipinski definition) is 1. The summed E-state index contributed by atoms with van der Waals surface area (Å²) in [6, 6.07) is 7.74. The molecule has 0 bridgehead atoms. The Morgan fingerprint density at radius 2 is 2.12 bits per heavy atom. The first-order valence-electron chi connectivity index (χ1n) is 5.52. The Bertz CT molecular complexity index is 473. The van der Waals surface area contributed by atoms with Gasteiger partial charge in [0.25, 0.3) is 0 Å². The van der Waals surface area contributed by atoms with Crippen molar-refractivity contribution >= 4 is 0 Å². The summed E-state index contributed by atoms with van der Waals surface area (Å²) >= 11 is 0. The maximum absolute atomic E-state index is 5.84. The number of rotatable bonds is 4. The molecule has 17 heavy (non-hydrogen) atoms. The zero-order valence-electron chi connectivity index (χ0n) is 9.71. The lowest BCUT2D eigenvalue weighted by atomic mass is 10.2. The molecule has 4 heteroatoms. The van der Waals surface area contributed by atoms with Crippen molar-refractivity contribution in [3.05, 3.63) is 54.1 Å². The van der Waals surface area contributed by atoms with Gasteiger partial charge in [-0.2, -0.15) is 0 Å². The molecule has 0 saturated carbocycles. The molecule has 2 rings (SSSR count). The van der Waals surface area contributed by atoms with Gasteiger partial charge in [-0.15, -0.1) is 0 Å². The molecule has 0 aliphatic rings. The quantitative estimate of drug-likeness (QED) is 0.871. The molecule has 1 heterocycles. The van der Waals surface area contributed by atoms with Gasteiger partial charge in [-0.1, -0.05) is 18.2 Å². The van der Waals surface area contributed by atoms with E-state index < -0.39 is 0 Å². The molecule has 1 aromatic carbocycles. The van der Waals surface area contributed by atoms with Crippen LogP contribution in [0.3, 0.4) is 0 Å². The zero-order valence-corrected chi connectivity index (χ0v) is 9.71. The van der Waals surface area contributed by atoms with E-state index in [9.17, 15) is 0 Å². The van der Waals surface area contributed by atoms with Crippen LogP contribution in [0.2, 0.25) is 0 Å². The van der Waals surface area contributed by atoms with Crippen molar-refractivity contribution in [3.63, 3.8) is 0 Å². The number of ether oxygens (including phenoxy) is 1. The van der Waals surface area contributed by atoms with Crippen molar-refractivity contribution in [1.82, 2.24) is 9.97 Å². The van der Waals surface area contributed by atoms with Crippen LogP contribution in [0.25, 0.3) is 0 Å². The molecular weight excluding hydrogens is 214 g/mol. The van der Waals surface area contributed by atoms with Gasteiger partial charge in [-0.05, 0) is 13.0 Å². The van der Waals surface area contributed by atoms with Crippen LogP contribution in [-0.4, -0.2) is 9.97 Å². The topological polar surface area (TPSA) is 61.0 Å². The highest BCUT2D eigenvalue weighted by atomic mass is 16.5. The highest BCUT2D eigenvalue weighted by Gasteiger charge is 2.10. The van der Waals surface area contributed by atoms with Gasteiger partial charge in [0.1, 0.15) is 11.9 Å². The minimum absolute atomic E-state index is 0.142. The minimum atomic E-state index is -0.142. The Labute approximate surface area is 100 Å². The fraction of sp³-hybridized carbons (Fsp3) is 0.231. The third kappa shape index (κ3) is 2.79. The van der Waals surface area contributed by atoms with E-state index in [0.29, 0.717) is 6.54 Å². The summed E-state index contributed by atoms with van der Waals surface area (Å²) in [5.41, 5.74) is 7.45. The summed E-state index contributed by atoms with van der Waals surface area (Å²) in [6.07, 6.45) is 4.86. The van der Waals surface area contributed by atoms with E-state index in [2.05, 4.69) is 9.97 Å². The summed E-state index contributed by atoms with van der Waals surface area (Å²) in [5.74, 6) is 0.799. The van der Waals surface area contributed by atoms with Crippen LogP contribution in [0.15, 0.2) is 42.9 Å². The van der Waals surface area contributed by atoms with E-state index >= 15 is 0 Å². The number of nitrogens with zero attached hydrogens (tertiary/aromatic N) is 2. The van der Waals surface area contributed by atoms with E-state index in [1.807, 2.05) is 31.2 Å². The first kappa shape index (κ1) is 11.5. The van der Waals surface area contributed by atoms with E-state index in [0.717, 1.165) is 17.0 Å². The van der Waals surface area contributed by atoms with Gasteiger partial charge in [0.2, 0.25) is 0 Å². The van der Waals surface area contributed by atoms with Crippen LogP contribution in [-0.2, 0) is 6.54 Å². The predicted molar refractivity (Wildman–Crippen MR) is 65.4 cm³/mol. The van der Waals surface area contributed by atoms with Crippen LogP contribution in [0, 0.1) is 0 Å². The number of para-hydroxylation sites is 1. The molecule has 88 valence electrons. The highest BCUT2D eigenvalue weighted by Crippen LogP contribution is 2.23. The van der Waals surface area contributed by atoms with Crippen LogP contribution in [0.1, 0.15) is 24.3 Å². The Kier molecular flexibility index (Phi) is 3.67. The normalized spacial score (nSPS) is 12.1. The smallest absolute Gasteiger partial charge is 0.139 e. The van der Waals surface area contributed by atoms with Crippen molar-refractivity contribution in [2.45, 2.75) is 19.6 Å². The standard InChI is InChI=1S/C13H15N3O/c1-10(12-9-15-6-7-16-12)17-13-5-3-2-4-11(13)8-14/h2-7,9-10H,8,14H2,1H3. The van der Waals surface area contributed by atoms with Crippen molar-refractivity contribution in [3.8, 4) is 5.75 Å². The molecule has 0 spiro atoms. The number of aromatic nitrogens is 2. The molecule has 1 aromatic heterocycles. The van der Waals surface area contributed by atoms with E-state index in [-0.39, 0.29) is 6.10 Å². The van der Waals surface area contributed by atoms with Gasteiger partial charge in [-0.25, -0.2) is 0 Å². The summed E-state index contributed by atoms with van der Waals surface area (Å²) in [7, 11) is 0. The molecule has 1 atom stereocenters. The lowest BCUT2D eigenvalue weighted by Gasteiger charge is -2.16. The van der Waals surface area contributed by atoms with E-state index in [4.69, 9.17) is 10.5 Å². The molecule has 2 aromatic rings. The number of nitrogens with two attached hydrogens (primary N) is 1. The van der Waals surface area contributed by atoms with Crippen LogP contribution in [0.4, 0.5) is 0 Å². The van der Waals surface area contributed by atoms with E-state index in [1.165, 1.54) is 0 Å². The average Bonchev–Trinajstić information content (AvgIpc) is 2.40. The third-order valence-corrected chi connectivity index (χ3v) is 2.50. The molecular formula is C13H15N3O. The van der Waals surface area contributed by atoms with Gasteiger partial charge in [0.15, 0.2) is 0 Å². The molecule has 0 aliphatic carbocycles. The Morgan fingerprint density at radius 3 is 2.82 bits per heavy atom. The SMILES string of the molecule is CC(Oc1ccccc1CN)c1cnccn1. The first-order valence-corrected chi connectivity index (χ1v) is 5.52. The largest absolute Gasteiger partial charge is 0.484 e. The lowest BCUT2D eigenvalue weighted by molar-refractivity contribution is 0.219. The number of hydrogen-bond acceptors (Lipinski definition) is 4. The predicted octanol–water partition coefficient (Wildman–Crippen LogP) is 2.08. The van der Waals surface area contributed by atoms with Gasteiger partial charge in [-0.3, -0.25) is 9.97 Å². The van der Waals surface area contributed by atoms with Gasteiger partial charge in [0, 0.05) is 24.5 Å². The van der Waals surface area contributed by atoms with Gasteiger partial charge in [0.05, 0.1) is 11.9 Å². The first-order chi connectivity index (χ1) is 8.31. The maximum Gasteiger partial charge on any atom is 0.139 e. The van der Waals surface area contributed by atoms with Gasteiger partial charge < -0.3 is 10.5 Å². The van der Waals surface area contributed by atoms with Crippen LogP contribution < -0.4 is 10.5 Å². The summed E-state index contributed by atoms with van der Waals surface area (Å²) in [5, 5.41) is 0. The van der Waals surface area contributed by atoms with E-state index in [1.54, 1.807) is 18.6 Å². The Morgan fingerprint density at radius 1 is 1.29 bits per heavy atom.